The fourth-order valence-corrected chi connectivity index (χ4v) is 3.66. The first kappa shape index (κ1) is 13.8. The minimum Gasteiger partial charge on any atom is -0.387 e. The molecule has 0 spiro atoms. The Balaban J connectivity index is 2.06. The molecule has 7 heteroatoms. The van der Waals surface area contributed by atoms with E-state index in [4.69, 9.17) is 0 Å². The summed E-state index contributed by atoms with van der Waals surface area (Å²) in [6, 6.07) is 3.80. The van der Waals surface area contributed by atoms with E-state index in [2.05, 4.69) is 15.2 Å². The first-order valence-corrected chi connectivity index (χ1v) is 8.28. The molecule has 0 radical (unpaired) electrons. The molecule has 1 atom stereocenters. The third-order valence-electron chi connectivity index (χ3n) is 2.26. The van der Waals surface area contributed by atoms with Gasteiger partial charge in [0.25, 0.3) is 0 Å². The molecule has 2 rings (SSSR count). The van der Waals surface area contributed by atoms with E-state index in [-0.39, 0.29) is 0 Å². The van der Waals surface area contributed by atoms with Gasteiger partial charge in [-0.3, -0.25) is 4.98 Å². The summed E-state index contributed by atoms with van der Waals surface area (Å²) in [4.78, 5) is 5.26. The van der Waals surface area contributed by atoms with Crippen LogP contribution in [0.2, 0.25) is 0 Å². The van der Waals surface area contributed by atoms with Gasteiger partial charge in [0, 0.05) is 11.1 Å². The van der Waals surface area contributed by atoms with Crippen molar-refractivity contribution in [2.24, 2.45) is 0 Å². The predicted octanol–water partition coefficient (Wildman–Crippen LogP) is 3.25. The highest BCUT2D eigenvalue weighted by molar-refractivity contribution is 8.03. The summed E-state index contributed by atoms with van der Waals surface area (Å²) in [5, 5.41) is 17.8. The monoisotopic (exact) mass is 299 g/mol. The van der Waals surface area contributed by atoms with Crippen LogP contribution < -0.4 is 0 Å². The van der Waals surface area contributed by atoms with Crippen molar-refractivity contribution < 1.29 is 5.11 Å². The van der Waals surface area contributed by atoms with Crippen LogP contribution >= 0.6 is 34.9 Å². The molecule has 0 amide bonds. The Kier molecular flexibility index (Phi) is 4.99. The highest BCUT2D eigenvalue weighted by Gasteiger charge is 2.08. The van der Waals surface area contributed by atoms with E-state index in [1.165, 1.54) is 11.8 Å². The number of aromatic nitrogens is 3. The average molecular weight is 299 g/mol. The second-order valence-electron chi connectivity index (χ2n) is 3.48. The van der Waals surface area contributed by atoms with E-state index < -0.39 is 6.10 Å². The highest BCUT2D eigenvalue weighted by atomic mass is 32.2. The van der Waals surface area contributed by atoms with Gasteiger partial charge in [-0.1, -0.05) is 41.8 Å². The van der Waals surface area contributed by atoms with Crippen molar-refractivity contribution in [3.8, 4) is 0 Å². The molecule has 0 saturated heterocycles. The van der Waals surface area contributed by atoms with E-state index >= 15 is 0 Å². The summed E-state index contributed by atoms with van der Waals surface area (Å²) >= 11 is 4.70. The molecule has 0 bridgehead atoms. The number of nitrogens with zero attached hydrogens (tertiary/aromatic N) is 3. The topological polar surface area (TPSA) is 58.9 Å². The average Bonchev–Trinajstić information content (AvgIpc) is 2.86. The zero-order valence-electron chi connectivity index (χ0n) is 10.0. The number of hydrogen-bond acceptors (Lipinski definition) is 7. The second kappa shape index (κ2) is 6.51. The first-order chi connectivity index (χ1) is 8.72. The fourth-order valence-electron chi connectivity index (χ4n) is 1.28. The number of pyridine rings is 1. The highest BCUT2D eigenvalue weighted by Crippen LogP contribution is 2.32. The van der Waals surface area contributed by atoms with Crippen LogP contribution in [0.4, 0.5) is 0 Å². The van der Waals surface area contributed by atoms with Gasteiger partial charge in [0.2, 0.25) is 0 Å². The van der Waals surface area contributed by atoms with Gasteiger partial charge in [-0.15, -0.1) is 10.2 Å². The van der Waals surface area contributed by atoms with Crippen molar-refractivity contribution in [3.63, 3.8) is 0 Å². The van der Waals surface area contributed by atoms with Gasteiger partial charge in [-0.05, 0) is 24.8 Å². The van der Waals surface area contributed by atoms with Crippen LogP contribution in [-0.2, 0) is 0 Å². The maximum atomic E-state index is 9.65. The van der Waals surface area contributed by atoms with Crippen molar-refractivity contribution >= 4 is 34.9 Å². The minimum absolute atomic E-state index is 0.478. The van der Waals surface area contributed by atoms with Gasteiger partial charge < -0.3 is 5.11 Å². The molecule has 2 aromatic heterocycles. The molecule has 0 fully saturated rings. The molecule has 0 saturated carbocycles. The van der Waals surface area contributed by atoms with Crippen molar-refractivity contribution in [1.29, 1.82) is 0 Å². The van der Waals surface area contributed by atoms with Crippen LogP contribution in [0.15, 0.2) is 31.9 Å². The van der Waals surface area contributed by atoms with Gasteiger partial charge in [0.1, 0.15) is 0 Å². The molecule has 2 aromatic rings. The fraction of sp³-hybridized carbons (Fsp3) is 0.364. The molecule has 1 N–H and O–H groups in total. The number of hydrogen-bond donors (Lipinski definition) is 1. The van der Waals surface area contributed by atoms with Crippen LogP contribution in [0.25, 0.3) is 0 Å². The summed E-state index contributed by atoms with van der Waals surface area (Å²) in [6.07, 6.45) is 3.94. The Bertz CT molecular complexity index is 500. The maximum Gasteiger partial charge on any atom is 0.179 e. The Hall–Kier alpha value is -0.630. The van der Waals surface area contributed by atoms with Crippen LogP contribution in [0.3, 0.4) is 0 Å². The van der Waals surface area contributed by atoms with Gasteiger partial charge in [-0.2, -0.15) is 0 Å². The largest absolute Gasteiger partial charge is 0.387 e. The number of rotatable bonds is 5. The lowest BCUT2D eigenvalue weighted by atomic mass is 10.2. The van der Waals surface area contributed by atoms with Gasteiger partial charge in [0.15, 0.2) is 8.68 Å². The molecular formula is C11H13N3OS3. The van der Waals surface area contributed by atoms with E-state index in [1.807, 2.05) is 25.3 Å². The van der Waals surface area contributed by atoms with Crippen molar-refractivity contribution in [3.05, 3.63) is 24.0 Å². The lowest BCUT2D eigenvalue weighted by Crippen LogP contribution is -1.97. The van der Waals surface area contributed by atoms with Crippen LogP contribution in [0, 0.1) is 0 Å². The molecule has 18 heavy (non-hydrogen) atoms. The van der Waals surface area contributed by atoms with Gasteiger partial charge in [0.05, 0.1) is 11.8 Å². The zero-order valence-corrected chi connectivity index (χ0v) is 12.5. The summed E-state index contributed by atoms with van der Waals surface area (Å²) in [6.45, 7) is 1.93. The smallest absolute Gasteiger partial charge is 0.179 e. The molecule has 2 heterocycles. The van der Waals surface area contributed by atoms with E-state index in [9.17, 15) is 5.11 Å². The van der Waals surface area contributed by atoms with Crippen LogP contribution in [0.1, 0.15) is 25.1 Å². The lowest BCUT2D eigenvalue weighted by molar-refractivity contribution is 0.169. The minimum atomic E-state index is -0.478. The lowest BCUT2D eigenvalue weighted by Gasteiger charge is -2.06. The van der Waals surface area contributed by atoms with Gasteiger partial charge >= 0.3 is 0 Å². The summed E-state index contributed by atoms with van der Waals surface area (Å²) in [7, 11) is 0. The van der Waals surface area contributed by atoms with Gasteiger partial charge in [-0.25, -0.2) is 0 Å². The molecule has 0 aliphatic heterocycles. The summed E-state index contributed by atoms with van der Waals surface area (Å²) in [5.74, 6) is 0. The summed E-state index contributed by atoms with van der Waals surface area (Å²) in [5.41, 5.74) is 0.712. The molecule has 1 unspecified atom stereocenters. The third-order valence-corrected chi connectivity index (χ3v) is 5.18. The molecule has 0 aliphatic carbocycles. The van der Waals surface area contributed by atoms with Crippen LogP contribution in [-0.4, -0.2) is 26.5 Å². The third kappa shape index (κ3) is 3.44. The second-order valence-corrected chi connectivity index (χ2v) is 6.83. The number of aliphatic hydroxyl groups excluding tert-OH is 1. The van der Waals surface area contributed by atoms with E-state index in [1.54, 1.807) is 29.3 Å². The molecule has 0 aliphatic rings. The van der Waals surface area contributed by atoms with Crippen molar-refractivity contribution in [2.75, 3.05) is 6.26 Å². The number of aliphatic hydroxyl groups is 1. The molecule has 96 valence electrons. The predicted molar refractivity (Wildman–Crippen MR) is 75.3 cm³/mol. The van der Waals surface area contributed by atoms with E-state index in [0.29, 0.717) is 12.1 Å². The summed E-state index contributed by atoms with van der Waals surface area (Å²) < 4.78 is 1.87. The normalized spacial score (nSPS) is 12.6. The Morgan fingerprint density at radius 1 is 1.33 bits per heavy atom. The van der Waals surface area contributed by atoms with Crippen LogP contribution in [0.5, 0.6) is 0 Å². The molecule has 0 aromatic carbocycles. The Labute approximate surface area is 118 Å². The zero-order chi connectivity index (χ0) is 13.0. The first-order valence-electron chi connectivity index (χ1n) is 5.42. The number of thioether (sulfide) groups is 1. The maximum absolute atomic E-state index is 9.65. The van der Waals surface area contributed by atoms with Crippen molar-refractivity contribution in [2.45, 2.75) is 33.0 Å². The Morgan fingerprint density at radius 3 is 2.67 bits per heavy atom. The van der Waals surface area contributed by atoms with Crippen molar-refractivity contribution in [1.82, 2.24) is 15.2 Å². The quantitative estimate of drug-likeness (QED) is 0.855. The SMILES string of the molecule is CCC(O)c1ccc(Sc2nnc(SC)s2)cn1. The molecule has 4 nitrogen and oxygen atoms in total. The van der Waals surface area contributed by atoms with E-state index in [0.717, 1.165) is 13.6 Å². The molecular weight excluding hydrogens is 286 g/mol. The standard InChI is InChI=1S/C11H13N3OS3/c1-3-9(15)8-5-4-7(6-12-8)17-11-14-13-10(16-2)18-11/h4-6,9,15H,3H2,1-2H3. The Morgan fingerprint density at radius 2 is 2.11 bits per heavy atom.